The molecule has 0 aliphatic rings. The van der Waals surface area contributed by atoms with E-state index in [0.717, 1.165) is 33.5 Å². The fraction of sp³-hybridized carbons (Fsp3) is 0.103. The molecule has 6 rings (SSSR count). The number of nitrogen functional groups attached to an aromatic ring is 2. The molecule has 0 saturated carbocycles. The van der Waals surface area contributed by atoms with Gasteiger partial charge in [-0.05, 0) is 54.6 Å². The minimum atomic E-state index is -0.0680. The lowest BCUT2D eigenvalue weighted by atomic mass is 10.1. The van der Waals surface area contributed by atoms with Crippen LogP contribution in [0.4, 0.5) is 11.5 Å². The molecule has 0 spiro atoms. The van der Waals surface area contributed by atoms with Gasteiger partial charge in [-0.2, -0.15) is 5.10 Å². The fourth-order valence-corrected chi connectivity index (χ4v) is 4.97. The van der Waals surface area contributed by atoms with Gasteiger partial charge in [0.25, 0.3) is 5.56 Å². The number of anilines is 2. The van der Waals surface area contributed by atoms with Crippen molar-refractivity contribution >= 4 is 33.3 Å². The Kier molecular flexibility index (Phi) is 5.22. The minimum Gasteiger partial charge on any atom is -0.399 e. The molecular weight excluding hydrogens is 462 g/mol. The van der Waals surface area contributed by atoms with Gasteiger partial charge in [-0.3, -0.25) is 9.36 Å². The first kappa shape index (κ1) is 22.5. The highest BCUT2D eigenvalue weighted by Gasteiger charge is 2.20. The van der Waals surface area contributed by atoms with Crippen molar-refractivity contribution in [1.29, 1.82) is 0 Å². The number of aryl methyl sites for hydroxylation is 2. The zero-order valence-electron chi connectivity index (χ0n) is 20.5. The number of nitrogens with zero attached hydrogens (tertiary/aromatic N) is 5. The predicted octanol–water partition coefficient (Wildman–Crippen LogP) is 4.63. The van der Waals surface area contributed by atoms with Crippen LogP contribution in [0.1, 0.15) is 16.8 Å². The Morgan fingerprint density at radius 3 is 2.43 bits per heavy atom. The number of benzene rings is 3. The zero-order valence-corrected chi connectivity index (χ0v) is 20.5. The van der Waals surface area contributed by atoms with Gasteiger partial charge >= 0.3 is 0 Å². The van der Waals surface area contributed by atoms with E-state index in [1.807, 2.05) is 80.6 Å². The summed E-state index contributed by atoms with van der Waals surface area (Å²) in [7, 11) is 0. The fourth-order valence-electron chi connectivity index (χ4n) is 4.97. The normalized spacial score (nSPS) is 11.4. The van der Waals surface area contributed by atoms with E-state index in [9.17, 15) is 4.79 Å². The molecule has 0 atom stereocenters. The molecule has 8 heteroatoms. The molecule has 0 aliphatic carbocycles. The number of pyridine rings is 1. The molecule has 3 aromatic heterocycles. The van der Waals surface area contributed by atoms with Crippen LogP contribution in [0.2, 0.25) is 0 Å². The second kappa shape index (κ2) is 8.60. The largest absolute Gasteiger partial charge is 0.399 e. The van der Waals surface area contributed by atoms with Gasteiger partial charge in [0.15, 0.2) is 5.65 Å². The van der Waals surface area contributed by atoms with Gasteiger partial charge in [-0.15, -0.1) is 0 Å². The summed E-state index contributed by atoms with van der Waals surface area (Å²) in [5.41, 5.74) is 18.5. The van der Waals surface area contributed by atoms with E-state index in [4.69, 9.17) is 16.6 Å². The lowest BCUT2D eigenvalue weighted by molar-refractivity contribution is 0.671. The molecule has 37 heavy (non-hydrogen) atoms. The molecule has 0 aliphatic heterocycles. The molecule has 0 amide bonds. The lowest BCUT2D eigenvalue weighted by Gasteiger charge is -2.17. The van der Waals surface area contributed by atoms with Gasteiger partial charge in [0.05, 0.1) is 23.0 Å². The van der Waals surface area contributed by atoms with E-state index >= 15 is 0 Å². The van der Waals surface area contributed by atoms with Gasteiger partial charge < -0.3 is 11.5 Å². The van der Waals surface area contributed by atoms with Crippen molar-refractivity contribution in [1.82, 2.24) is 24.3 Å². The van der Waals surface area contributed by atoms with Crippen LogP contribution in [-0.2, 0) is 6.54 Å². The second-order valence-electron chi connectivity index (χ2n) is 9.19. The number of hydrogen-bond acceptors (Lipinski definition) is 6. The first-order valence-corrected chi connectivity index (χ1v) is 12.0. The Bertz CT molecular complexity index is 1880. The van der Waals surface area contributed by atoms with Crippen LogP contribution in [0, 0.1) is 13.8 Å². The summed E-state index contributed by atoms with van der Waals surface area (Å²) in [6.45, 7) is 4.26. The van der Waals surface area contributed by atoms with Crippen molar-refractivity contribution in [2.45, 2.75) is 20.4 Å². The van der Waals surface area contributed by atoms with Crippen LogP contribution < -0.4 is 17.0 Å². The summed E-state index contributed by atoms with van der Waals surface area (Å²) < 4.78 is 3.56. The van der Waals surface area contributed by atoms with E-state index in [2.05, 4.69) is 16.0 Å². The van der Waals surface area contributed by atoms with Gasteiger partial charge in [-0.25, -0.2) is 14.6 Å². The van der Waals surface area contributed by atoms with Crippen LogP contribution in [0.15, 0.2) is 83.9 Å². The van der Waals surface area contributed by atoms with Gasteiger partial charge in [0, 0.05) is 16.9 Å². The molecule has 0 unspecified atom stereocenters. The molecule has 3 aromatic carbocycles. The summed E-state index contributed by atoms with van der Waals surface area (Å²) in [5.74, 6) is 0.333. The van der Waals surface area contributed by atoms with E-state index in [1.165, 1.54) is 6.33 Å². The molecule has 0 radical (unpaired) electrons. The highest BCUT2D eigenvalue weighted by atomic mass is 16.1. The third-order valence-electron chi connectivity index (χ3n) is 6.72. The molecule has 182 valence electrons. The minimum absolute atomic E-state index is 0.0680. The number of hydrogen-bond donors (Lipinski definition) is 2. The average Bonchev–Trinajstić information content (AvgIpc) is 3.25. The quantitative estimate of drug-likeness (QED) is 0.350. The molecule has 0 fully saturated rings. The number of nitrogens with two attached hydrogens (primary N) is 2. The highest BCUT2D eigenvalue weighted by Crippen LogP contribution is 2.31. The average molecular weight is 488 g/mol. The smallest absolute Gasteiger partial charge is 0.263 e. The maximum absolute atomic E-state index is 14.0. The number of fused-ring (bicyclic) bond motifs is 2. The summed E-state index contributed by atoms with van der Waals surface area (Å²) >= 11 is 0. The van der Waals surface area contributed by atoms with E-state index in [1.54, 1.807) is 9.25 Å². The topological polar surface area (TPSA) is 118 Å². The van der Waals surface area contributed by atoms with E-state index in [-0.39, 0.29) is 5.56 Å². The first-order chi connectivity index (χ1) is 17.9. The standard InChI is InChI=1S/C29H25N7O/c1-17-7-3-4-12-23(17)36-22(14-19-9-5-8-18(2)24(19)29(36)37)15-35-28-25(27(31)32-16-33-28)26(34-35)20-10-6-11-21(30)13-20/h3-14,16H,15,30H2,1-2H3,(H2,31,32,33). The van der Waals surface area contributed by atoms with Crippen LogP contribution in [0.5, 0.6) is 0 Å². The molecule has 0 saturated heterocycles. The van der Waals surface area contributed by atoms with Crippen molar-refractivity contribution in [3.8, 4) is 16.9 Å². The molecule has 3 heterocycles. The van der Waals surface area contributed by atoms with Crippen molar-refractivity contribution < 1.29 is 0 Å². The van der Waals surface area contributed by atoms with Gasteiger partial charge in [0.1, 0.15) is 17.8 Å². The maximum atomic E-state index is 14.0. The van der Waals surface area contributed by atoms with E-state index in [0.29, 0.717) is 40.2 Å². The Balaban J connectivity index is 1.63. The highest BCUT2D eigenvalue weighted by molar-refractivity contribution is 5.98. The molecule has 4 N–H and O–H groups in total. The summed E-state index contributed by atoms with van der Waals surface area (Å²) in [6, 6.07) is 23.3. The molecular formula is C29H25N7O. The van der Waals surface area contributed by atoms with E-state index < -0.39 is 0 Å². The van der Waals surface area contributed by atoms with Crippen LogP contribution in [-0.4, -0.2) is 24.3 Å². The van der Waals surface area contributed by atoms with Crippen LogP contribution in [0.25, 0.3) is 38.8 Å². The SMILES string of the molecule is Cc1ccccc1-n1c(Cn2nc(-c3cccc(N)c3)c3c(N)ncnc32)cc2cccc(C)c2c1=O. The van der Waals surface area contributed by atoms with Gasteiger partial charge in [0.2, 0.25) is 0 Å². The van der Waals surface area contributed by atoms with Crippen LogP contribution >= 0.6 is 0 Å². The summed E-state index contributed by atoms with van der Waals surface area (Å²) in [5, 5.41) is 7.13. The Morgan fingerprint density at radius 2 is 1.62 bits per heavy atom. The summed E-state index contributed by atoms with van der Waals surface area (Å²) in [4.78, 5) is 22.7. The Hall–Kier alpha value is -4.98. The molecule has 0 bridgehead atoms. The maximum Gasteiger partial charge on any atom is 0.263 e. The summed E-state index contributed by atoms with van der Waals surface area (Å²) in [6.07, 6.45) is 1.43. The number of rotatable bonds is 4. The number of aromatic nitrogens is 5. The Labute approximate surface area is 212 Å². The molecule has 6 aromatic rings. The third kappa shape index (κ3) is 3.70. The predicted molar refractivity (Wildman–Crippen MR) is 148 cm³/mol. The lowest BCUT2D eigenvalue weighted by Crippen LogP contribution is -2.25. The third-order valence-corrected chi connectivity index (χ3v) is 6.72. The molecule has 8 nitrogen and oxygen atoms in total. The van der Waals surface area contributed by atoms with Crippen LogP contribution in [0.3, 0.4) is 0 Å². The number of para-hydroxylation sites is 1. The van der Waals surface area contributed by atoms with Crippen molar-refractivity contribution in [2.24, 2.45) is 0 Å². The second-order valence-corrected chi connectivity index (χ2v) is 9.19. The first-order valence-electron chi connectivity index (χ1n) is 12.0. The van der Waals surface area contributed by atoms with Crippen molar-refractivity contribution in [3.63, 3.8) is 0 Å². The van der Waals surface area contributed by atoms with Gasteiger partial charge in [-0.1, -0.05) is 48.5 Å². The zero-order chi connectivity index (χ0) is 25.7. The Morgan fingerprint density at radius 1 is 0.838 bits per heavy atom. The monoisotopic (exact) mass is 487 g/mol. The van der Waals surface area contributed by atoms with Crippen molar-refractivity contribution in [2.75, 3.05) is 11.5 Å². The van der Waals surface area contributed by atoms with Crippen molar-refractivity contribution in [3.05, 3.63) is 106 Å².